The van der Waals surface area contributed by atoms with Crippen LogP contribution in [0.3, 0.4) is 0 Å². The van der Waals surface area contributed by atoms with E-state index in [4.69, 9.17) is 5.73 Å². The molecule has 1 aromatic heterocycles. The molecule has 0 radical (unpaired) electrons. The van der Waals surface area contributed by atoms with E-state index in [1.807, 2.05) is 24.7 Å². The first-order valence-corrected chi connectivity index (χ1v) is 4.50. The van der Waals surface area contributed by atoms with Gasteiger partial charge in [0.05, 0.1) is 21.6 Å². The Labute approximate surface area is 74.2 Å². The first-order chi connectivity index (χ1) is 5.83. The molecule has 0 amide bonds. The average Bonchev–Trinajstić information content (AvgIpc) is 2.54. The van der Waals surface area contributed by atoms with Gasteiger partial charge in [-0.2, -0.15) is 0 Å². The minimum Gasteiger partial charge on any atom is -0.397 e. The molecule has 0 saturated carbocycles. The van der Waals surface area contributed by atoms with E-state index in [2.05, 4.69) is 10.3 Å². The SMILES string of the molecule is CNc1ccc(N)c2ncsc12. The summed E-state index contributed by atoms with van der Waals surface area (Å²) in [6, 6.07) is 3.84. The lowest BCUT2D eigenvalue weighted by molar-refractivity contribution is 1.49. The van der Waals surface area contributed by atoms with E-state index in [1.54, 1.807) is 11.3 Å². The predicted octanol–water partition coefficient (Wildman–Crippen LogP) is 1.92. The summed E-state index contributed by atoms with van der Waals surface area (Å²) in [7, 11) is 1.89. The summed E-state index contributed by atoms with van der Waals surface area (Å²) >= 11 is 1.60. The van der Waals surface area contributed by atoms with Crippen LogP contribution >= 0.6 is 11.3 Å². The first kappa shape index (κ1) is 7.36. The van der Waals surface area contributed by atoms with E-state index in [0.29, 0.717) is 0 Å². The highest BCUT2D eigenvalue weighted by Gasteiger charge is 2.04. The second-order valence-corrected chi connectivity index (χ2v) is 3.34. The zero-order valence-corrected chi connectivity index (χ0v) is 7.48. The normalized spacial score (nSPS) is 10.4. The zero-order chi connectivity index (χ0) is 8.55. The number of anilines is 2. The van der Waals surface area contributed by atoms with Gasteiger partial charge in [0.2, 0.25) is 0 Å². The summed E-state index contributed by atoms with van der Waals surface area (Å²) in [4.78, 5) is 4.18. The lowest BCUT2D eigenvalue weighted by Gasteiger charge is -2.01. The number of hydrogen-bond donors (Lipinski definition) is 2. The van der Waals surface area contributed by atoms with E-state index in [9.17, 15) is 0 Å². The molecule has 0 aliphatic heterocycles. The molecule has 12 heavy (non-hydrogen) atoms. The Morgan fingerprint density at radius 3 is 3.08 bits per heavy atom. The van der Waals surface area contributed by atoms with Gasteiger partial charge in [0.25, 0.3) is 0 Å². The predicted molar refractivity (Wildman–Crippen MR) is 53.6 cm³/mol. The summed E-state index contributed by atoms with van der Waals surface area (Å²) < 4.78 is 1.12. The molecular formula is C8H9N3S. The fraction of sp³-hybridized carbons (Fsp3) is 0.125. The highest BCUT2D eigenvalue weighted by atomic mass is 32.1. The van der Waals surface area contributed by atoms with Gasteiger partial charge >= 0.3 is 0 Å². The molecule has 2 rings (SSSR count). The molecule has 0 bridgehead atoms. The van der Waals surface area contributed by atoms with Crippen molar-refractivity contribution in [2.24, 2.45) is 0 Å². The van der Waals surface area contributed by atoms with Crippen molar-refractivity contribution < 1.29 is 0 Å². The van der Waals surface area contributed by atoms with Gasteiger partial charge in [-0.3, -0.25) is 0 Å². The van der Waals surface area contributed by atoms with Crippen molar-refractivity contribution in [1.82, 2.24) is 4.98 Å². The molecular weight excluding hydrogens is 170 g/mol. The number of nitrogens with one attached hydrogen (secondary N) is 1. The van der Waals surface area contributed by atoms with E-state index in [0.717, 1.165) is 21.6 Å². The van der Waals surface area contributed by atoms with Crippen LogP contribution in [0.2, 0.25) is 0 Å². The summed E-state index contributed by atoms with van der Waals surface area (Å²) in [5, 5.41) is 3.10. The molecule has 3 nitrogen and oxygen atoms in total. The van der Waals surface area contributed by atoms with Crippen molar-refractivity contribution >= 4 is 32.9 Å². The number of thiazole rings is 1. The summed E-state index contributed by atoms with van der Waals surface area (Å²) in [6.07, 6.45) is 0. The van der Waals surface area contributed by atoms with Gasteiger partial charge in [0, 0.05) is 7.05 Å². The number of nitrogens with zero attached hydrogens (tertiary/aromatic N) is 1. The van der Waals surface area contributed by atoms with E-state index in [1.165, 1.54) is 0 Å². The first-order valence-electron chi connectivity index (χ1n) is 3.62. The zero-order valence-electron chi connectivity index (χ0n) is 6.66. The summed E-state index contributed by atoms with van der Waals surface area (Å²) in [5.74, 6) is 0. The number of aromatic nitrogens is 1. The lowest BCUT2D eigenvalue weighted by atomic mass is 10.2. The maximum Gasteiger partial charge on any atom is 0.106 e. The number of rotatable bonds is 1. The van der Waals surface area contributed by atoms with Crippen LogP contribution in [-0.2, 0) is 0 Å². The Morgan fingerprint density at radius 2 is 2.33 bits per heavy atom. The third-order valence-corrected chi connectivity index (χ3v) is 2.64. The van der Waals surface area contributed by atoms with Gasteiger partial charge < -0.3 is 11.1 Å². The van der Waals surface area contributed by atoms with Crippen molar-refractivity contribution in [1.29, 1.82) is 0 Å². The molecule has 62 valence electrons. The second-order valence-electron chi connectivity index (χ2n) is 2.48. The second kappa shape index (κ2) is 2.64. The number of fused-ring (bicyclic) bond motifs is 1. The van der Waals surface area contributed by atoms with Gasteiger partial charge in [0.1, 0.15) is 5.52 Å². The van der Waals surface area contributed by atoms with Gasteiger partial charge in [-0.1, -0.05) is 0 Å². The highest BCUT2D eigenvalue weighted by molar-refractivity contribution is 7.17. The Balaban J connectivity index is 2.82. The third-order valence-electron chi connectivity index (χ3n) is 1.78. The monoisotopic (exact) mass is 179 g/mol. The molecule has 0 atom stereocenters. The highest BCUT2D eigenvalue weighted by Crippen LogP contribution is 2.30. The van der Waals surface area contributed by atoms with Gasteiger partial charge in [-0.25, -0.2) is 4.98 Å². The smallest absolute Gasteiger partial charge is 0.106 e. The molecule has 0 fully saturated rings. The van der Waals surface area contributed by atoms with Crippen LogP contribution in [0.5, 0.6) is 0 Å². The third kappa shape index (κ3) is 0.921. The van der Waals surface area contributed by atoms with Crippen LogP contribution in [0.4, 0.5) is 11.4 Å². The quantitative estimate of drug-likeness (QED) is 0.657. The fourth-order valence-corrected chi connectivity index (χ4v) is 2.01. The minimum absolute atomic E-state index is 0.741. The van der Waals surface area contributed by atoms with Gasteiger partial charge in [-0.05, 0) is 12.1 Å². The Morgan fingerprint density at radius 1 is 1.50 bits per heavy atom. The average molecular weight is 179 g/mol. The number of nitrogens with two attached hydrogens (primary N) is 1. The molecule has 0 aliphatic carbocycles. The molecule has 1 heterocycles. The van der Waals surface area contributed by atoms with Crippen LogP contribution in [0.1, 0.15) is 0 Å². The summed E-state index contributed by atoms with van der Waals surface area (Å²) in [5.41, 5.74) is 10.3. The molecule has 0 unspecified atom stereocenters. The Kier molecular flexibility index (Phi) is 1.62. The van der Waals surface area contributed by atoms with Crippen molar-refractivity contribution in [3.63, 3.8) is 0 Å². The maximum absolute atomic E-state index is 5.74. The molecule has 4 heteroatoms. The Bertz CT molecular complexity index is 408. The maximum atomic E-state index is 5.74. The van der Waals surface area contributed by atoms with Crippen molar-refractivity contribution in [3.05, 3.63) is 17.6 Å². The topological polar surface area (TPSA) is 50.9 Å². The molecule has 0 saturated heterocycles. The Hall–Kier alpha value is -1.29. The number of hydrogen-bond acceptors (Lipinski definition) is 4. The standard InChI is InChI=1S/C8H9N3S/c1-10-6-3-2-5(9)7-8(6)12-4-11-7/h2-4,10H,9H2,1H3. The number of benzene rings is 1. The lowest BCUT2D eigenvalue weighted by Crippen LogP contribution is -1.91. The van der Waals surface area contributed by atoms with Gasteiger partial charge in [0.15, 0.2) is 0 Å². The molecule has 2 aromatic rings. The molecule has 1 aromatic carbocycles. The van der Waals surface area contributed by atoms with E-state index < -0.39 is 0 Å². The van der Waals surface area contributed by atoms with Crippen molar-refractivity contribution in [2.45, 2.75) is 0 Å². The van der Waals surface area contributed by atoms with E-state index in [-0.39, 0.29) is 0 Å². The van der Waals surface area contributed by atoms with Crippen LogP contribution < -0.4 is 11.1 Å². The largest absolute Gasteiger partial charge is 0.397 e. The van der Waals surface area contributed by atoms with Crippen LogP contribution in [-0.4, -0.2) is 12.0 Å². The molecule has 0 spiro atoms. The summed E-state index contributed by atoms with van der Waals surface area (Å²) in [6.45, 7) is 0. The van der Waals surface area contributed by atoms with E-state index >= 15 is 0 Å². The molecule has 0 aliphatic rings. The number of nitrogen functional groups attached to an aromatic ring is 1. The van der Waals surface area contributed by atoms with Gasteiger partial charge in [-0.15, -0.1) is 11.3 Å². The van der Waals surface area contributed by atoms with Crippen molar-refractivity contribution in [3.8, 4) is 0 Å². The minimum atomic E-state index is 0.741. The van der Waals surface area contributed by atoms with Crippen LogP contribution in [0.15, 0.2) is 17.6 Å². The van der Waals surface area contributed by atoms with Crippen LogP contribution in [0.25, 0.3) is 10.2 Å². The van der Waals surface area contributed by atoms with Crippen LogP contribution in [0, 0.1) is 0 Å². The molecule has 3 N–H and O–H groups in total. The van der Waals surface area contributed by atoms with Crippen molar-refractivity contribution in [2.75, 3.05) is 18.1 Å². The fourth-order valence-electron chi connectivity index (χ4n) is 1.17.